The SMILES string of the molecule is CC/C=C\C/C=C\C/C=C\C/C=C\CCCCCCC(=O)OCC(COP(=O)(O)OCC(O)COP(=O)(O)OCC(COC(=O)CCCCCCCC/C=C\C/C=C\C/C=C\CCCCC)OC(=O)CCCCCCCCCCCCC)OC(=O)CCCCCCC/C=C\C/C=C\CCCCC. The number of phosphoric acid groups is 2. The number of aliphatic hydroxyl groups is 1. The molecule has 0 aliphatic heterocycles. The Morgan fingerprint density at radius 3 is 0.804 bits per heavy atom. The molecule has 588 valence electrons. The Morgan fingerprint density at radius 2 is 0.510 bits per heavy atom. The van der Waals surface area contributed by atoms with E-state index in [1.165, 1.54) is 77.0 Å². The molecule has 0 bridgehead atoms. The molecule has 0 saturated heterocycles. The smallest absolute Gasteiger partial charge is 0.462 e. The van der Waals surface area contributed by atoms with Gasteiger partial charge in [-0.05, 0) is 135 Å². The Labute approximate surface area is 619 Å². The van der Waals surface area contributed by atoms with Crippen LogP contribution >= 0.6 is 15.6 Å². The molecule has 17 nitrogen and oxygen atoms in total. The van der Waals surface area contributed by atoms with Gasteiger partial charge in [0.25, 0.3) is 0 Å². The van der Waals surface area contributed by atoms with Gasteiger partial charge in [0.1, 0.15) is 19.3 Å². The topological polar surface area (TPSA) is 237 Å². The van der Waals surface area contributed by atoms with Crippen molar-refractivity contribution >= 4 is 39.5 Å². The number of unbranched alkanes of at least 4 members (excludes halogenated alkanes) is 31. The van der Waals surface area contributed by atoms with Gasteiger partial charge in [0.2, 0.25) is 0 Å². The largest absolute Gasteiger partial charge is 0.472 e. The predicted octanol–water partition coefficient (Wildman–Crippen LogP) is 23.3. The van der Waals surface area contributed by atoms with E-state index in [1.54, 1.807) is 0 Å². The third kappa shape index (κ3) is 74.0. The Hall–Kier alpha value is -4.28. The Bertz CT molecular complexity index is 2360. The summed E-state index contributed by atoms with van der Waals surface area (Å²) < 4.78 is 68.6. The van der Waals surface area contributed by atoms with Crippen LogP contribution in [0.25, 0.3) is 0 Å². The number of aliphatic hydroxyl groups excluding tert-OH is 1. The van der Waals surface area contributed by atoms with Gasteiger partial charge in [-0.3, -0.25) is 37.3 Å². The minimum absolute atomic E-state index is 0.0725. The zero-order valence-electron chi connectivity index (χ0n) is 64.3. The average Bonchev–Trinajstić information content (AvgIpc) is 0.944. The van der Waals surface area contributed by atoms with Crippen LogP contribution in [0.2, 0.25) is 0 Å². The fourth-order valence-electron chi connectivity index (χ4n) is 10.6. The van der Waals surface area contributed by atoms with Crippen molar-refractivity contribution in [2.45, 2.75) is 354 Å². The van der Waals surface area contributed by atoms with E-state index in [4.69, 9.17) is 37.0 Å². The van der Waals surface area contributed by atoms with Gasteiger partial charge in [-0.25, -0.2) is 9.13 Å². The van der Waals surface area contributed by atoms with Gasteiger partial charge >= 0.3 is 39.5 Å². The molecule has 0 fully saturated rings. The van der Waals surface area contributed by atoms with Crippen LogP contribution in [0.4, 0.5) is 0 Å². The molecule has 102 heavy (non-hydrogen) atoms. The van der Waals surface area contributed by atoms with E-state index in [0.717, 1.165) is 180 Å². The van der Waals surface area contributed by atoms with Crippen LogP contribution in [0.1, 0.15) is 336 Å². The standard InChI is InChI=1S/C83H144O17P2/c1-5-9-13-17-21-25-29-32-35-37-38-40-43-45-49-52-56-60-64-68-80(85)93-73-78(99-82(87)69-65-61-57-53-47-28-24-20-16-12-8-4)75-97-101(89,90)95-71-77(84)72-96-102(91,92)98-76-79(100-83(88)70-66-62-58-54-50-46-41-34-31-27-23-19-15-11-7-3)74-94-81(86)67-63-59-55-51-48-44-42-39-36-33-30-26-22-18-14-10-6-2/h10,14,21-23,25-27,32-36,38,40-42,44,77-79,84H,5-9,11-13,15-20,24,28-31,37,39,43,45-76H2,1-4H3,(H,89,90)(H,91,92)/b14-10-,25-21-,26-22-,27-23-,35-32-,36-33-,40-38-,41-34-,44-42-. The summed E-state index contributed by atoms with van der Waals surface area (Å²) in [6, 6.07) is 0. The van der Waals surface area contributed by atoms with Crippen molar-refractivity contribution in [1.29, 1.82) is 0 Å². The lowest BCUT2D eigenvalue weighted by Crippen LogP contribution is -2.30. The number of allylic oxidation sites excluding steroid dienone is 18. The molecule has 0 radical (unpaired) electrons. The minimum atomic E-state index is -4.99. The van der Waals surface area contributed by atoms with Crippen molar-refractivity contribution in [2.24, 2.45) is 0 Å². The molecule has 0 aliphatic rings. The Morgan fingerprint density at radius 1 is 0.284 bits per heavy atom. The molecule has 0 heterocycles. The summed E-state index contributed by atoms with van der Waals surface area (Å²) in [6.45, 7) is 4.67. The highest BCUT2D eigenvalue weighted by atomic mass is 31.2. The summed E-state index contributed by atoms with van der Waals surface area (Å²) in [5.41, 5.74) is 0. The molecule has 5 atom stereocenters. The molecule has 0 aliphatic carbocycles. The number of carbonyl (C=O) groups excluding carboxylic acids is 4. The zero-order valence-corrected chi connectivity index (χ0v) is 66.0. The van der Waals surface area contributed by atoms with E-state index in [2.05, 4.69) is 137 Å². The van der Waals surface area contributed by atoms with E-state index in [9.17, 15) is 43.2 Å². The molecule has 0 spiro atoms. The van der Waals surface area contributed by atoms with E-state index in [1.807, 2.05) is 0 Å². The Balaban J connectivity index is 5.35. The summed E-state index contributed by atoms with van der Waals surface area (Å²) in [4.78, 5) is 73.0. The molecule has 0 saturated carbocycles. The second kappa shape index (κ2) is 75.0. The van der Waals surface area contributed by atoms with Crippen LogP contribution in [0.3, 0.4) is 0 Å². The maximum Gasteiger partial charge on any atom is 0.472 e. The number of hydrogen-bond acceptors (Lipinski definition) is 15. The summed E-state index contributed by atoms with van der Waals surface area (Å²) in [6.07, 6.45) is 80.6. The first-order valence-corrected chi connectivity index (χ1v) is 43.1. The van der Waals surface area contributed by atoms with Crippen molar-refractivity contribution < 1.29 is 80.2 Å². The van der Waals surface area contributed by atoms with Gasteiger partial charge in [-0.1, -0.05) is 285 Å². The van der Waals surface area contributed by atoms with Crippen molar-refractivity contribution in [2.75, 3.05) is 39.6 Å². The van der Waals surface area contributed by atoms with Crippen molar-refractivity contribution in [3.8, 4) is 0 Å². The average molecular weight is 1480 g/mol. The van der Waals surface area contributed by atoms with Crippen LogP contribution < -0.4 is 0 Å². The molecule has 0 rings (SSSR count). The van der Waals surface area contributed by atoms with E-state index < -0.39 is 97.5 Å². The van der Waals surface area contributed by atoms with Crippen molar-refractivity contribution in [3.05, 3.63) is 109 Å². The van der Waals surface area contributed by atoms with Gasteiger partial charge in [0, 0.05) is 25.7 Å². The number of hydrogen-bond donors (Lipinski definition) is 3. The number of esters is 4. The third-order valence-corrected chi connectivity index (χ3v) is 18.6. The molecular weight excluding hydrogens is 1330 g/mol. The van der Waals surface area contributed by atoms with Crippen LogP contribution in [0.15, 0.2) is 109 Å². The highest BCUT2D eigenvalue weighted by molar-refractivity contribution is 7.47. The normalized spacial score (nSPS) is 14.5. The van der Waals surface area contributed by atoms with Gasteiger partial charge in [0.15, 0.2) is 12.2 Å². The molecule has 0 aromatic rings. The maximum absolute atomic E-state index is 13.1. The fraction of sp³-hybridized carbons (Fsp3) is 0.735. The molecule has 5 unspecified atom stereocenters. The first-order valence-electron chi connectivity index (χ1n) is 40.1. The molecular formula is C83H144O17P2. The van der Waals surface area contributed by atoms with E-state index >= 15 is 0 Å². The van der Waals surface area contributed by atoms with E-state index in [-0.39, 0.29) is 25.7 Å². The zero-order chi connectivity index (χ0) is 74.6. The quantitative estimate of drug-likeness (QED) is 0.0169. The van der Waals surface area contributed by atoms with Crippen molar-refractivity contribution in [1.82, 2.24) is 0 Å². The first kappa shape index (κ1) is 97.7. The number of carbonyl (C=O) groups is 4. The molecule has 0 aromatic carbocycles. The maximum atomic E-state index is 13.1. The number of rotatable bonds is 75. The van der Waals surface area contributed by atoms with Crippen molar-refractivity contribution in [3.63, 3.8) is 0 Å². The predicted molar refractivity (Wildman–Crippen MR) is 418 cm³/mol. The Kier molecular flexibility index (Phi) is 71.8. The molecule has 19 heteroatoms. The van der Waals surface area contributed by atoms with Crippen LogP contribution in [-0.4, -0.2) is 96.7 Å². The summed E-state index contributed by atoms with van der Waals surface area (Å²) in [7, 11) is -9.96. The molecule has 0 amide bonds. The highest BCUT2D eigenvalue weighted by Crippen LogP contribution is 2.45. The molecule has 3 N–H and O–H groups in total. The first-order chi connectivity index (χ1) is 49.7. The summed E-state index contributed by atoms with van der Waals surface area (Å²) >= 11 is 0. The monoisotopic (exact) mass is 1470 g/mol. The highest BCUT2D eigenvalue weighted by Gasteiger charge is 2.30. The lowest BCUT2D eigenvalue weighted by Gasteiger charge is -2.21. The third-order valence-electron chi connectivity index (χ3n) is 16.7. The lowest BCUT2D eigenvalue weighted by atomic mass is 10.1. The lowest BCUT2D eigenvalue weighted by molar-refractivity contribution is -0.161. The van der Waals surface area contributed by atoms with Gasteiger partial charge < -0.3 is 33.8 Å². The second-order valence-electron chi connectivity index (χ2n) is 26.6. The summed E-state index contributed by atoms with van der Waals surface area (Å²) in [5, 5.41) is 10.6. The number of ether oxygens (including phenoxy) is 4. The molecule has 0 aromatic heterocycles. The van der Waals surface area contributed by atoms with Crippen LogP contribution in [0, 0.1) is 0 Å². The van der Waals surface area contributed by atoms with Crippen LogP contribution in [-0.2, 0) is 65.4 Å². The summed E-state index contributed by atoms with van der Waals surface area (Å²) in [5.74, 6) is -2.22. The van der Waals surface area contributed by atoms with E-state index in [0.29, 0.717) is 25.7 Å². The van der Waals surface area contributed by atoms with Gasteiger partial charge in [-0.2, -0.15) is 0 Å². The van der Waals surface area contributed by atoms with Gasteiger partial charge in [-0.15, -0.1) is 0 Å². The fourth-order valence-corrected chi connectivity index (χ4v) is 12.2. The second-order valence-corrected chi connectivity index (χ2v) is 29.5. The van der Waals surface area contributed by atoms with Gasteiger partial charge in [0.05, 0.1) is 26.4 Å². The number of phosphoric ester groups is 2. The van der Waals surface area contributed by atoms with Crippen LogP contribution in [0.5, 0.6) is 0 Å². The minimum Gasteiger partial charge on any atom is -0.462 e.